The predicted octanol–water partition coefficient (Wildman–Crippen LogP) is 3.42. The maximum Gasteiger partial charge on any atom is 0.318 e. The second-order valence-electron chi connectivity index (χ2n) is 6.61. The lowest BCUT2D eigenvalue weighted by atomic mass is 9.85. The molecule has 1 aromatic carbocycles. The van der Waals surface area contributed by atoms with Gasteiger partial charge in [0.15, 0.2) is 0 Å². The van der Waals surface area contributed by atoms with Gasteiger partial charge in [-0.1, -0.05) is 37.3 Å². The van der Waals surface area contributed by atoms with Gasteiger partial charge < -0.3 is 10.2 Å². The minimum Gasteiger partial charge on any atom is -0.334 e. The lowest BCUT2D eigenvalue weighted by molar-refractivity contribution is 0.0590. The number of aromatic nitrogens is 2. The van der Waals surface area contributed by atoms with Crippen LogP contribution in [0.25, 0.3) is 0 Å². The van der Waals surface area contributed by atoms with Crippen molar-refractivity contribution in [1.29, 1.82) is 0 Å². The van der Waals surface area contributed by atoms with Crippen molar-refractivity contribution >= 4 is 6.03 Å². The van der Waals surface area contributed by atoms with E-state index in [0.29, 0.717) is 12.5 Å². The molecule has 1 fully saturated rings. The molecule has 2 atom stereocenters. The Morgan fingerprint density at radius 1 is 1.29 bits per heavy atom. The molecule has 0 unspecified atom stereocenters. The molecule has 128 valence electrons. The molecule has 0 aliphatic carbocycles. The molecule has 1 aliphatic heterocycles. The number of nitrogens with zero attached hydrogens (tertiary/aromatic N) is 3. The first-order valence-electron chi connectivity index (χ1n) is 8.65. The van der Waals surface area contributed by atoms with Gasteiger partial charge in [-0.05, 0) is 32.3 Å². The van der Waals surface area contributed by atoms with Gasteiger partial charge in [-0.15, -0.1) is 0 Å². The summed E-state index contributed by atoms with van der Waals surface area (Å²) in [5.74, 6) is 0.490. The van der Waals surface area contributed by atoms with E-state index >= 15 is 0 Å². The summed E-state index contributed by atoms with van der Waals surface area (Å²) in [6.07, 6.45) is 0. The number of nitrogens with one attached hydrogen (secondary N) is 1. The van der Waals surface area contributed by atoms with Crippen molar-refractivity contribution in [2.75, 3.05) is 6.54 Å². The first-order chi connectivity index (χ1) is 11.5. The lowest BCUT2D eigenvalue weighted by Gasteiger charge is -2.46. The van der Waals surface area contributed by atoms with Crippen LogP contribution >= 0.6 is 0 Å². The fourth-order valence-electron chi connectivity index (χ4n) is 3.62. The highest BCUT2D eigenvalue weighted by Gasteiger charge is 2.39. The molecule has 5 nitrogen and oxygen atoms in total. The zero-order valence-corrected chi connectivity index (χ0v) is 14.9. The second kappa shape index (κ2) is 6.67. The minimum absolute atomic E-state index is 0.00463. The van der Waals surface area contributed by atoms with E-state index in [1.807, 2.05) is 34.7 Å². The van der Waals surface area contributed by atoms with Crippen LogP contribution < -0.4 is 5.32 Å². The molecule has 2 amide bonds. The van der Waals surface area contributed by atoms with Gasteiger partial charge in [0.25, 0.3) is 0 Å². The summed E-state index contributed by atoms with van der Waals surface area (Å²) in [4.78, 5) is 14.5. The van der Waals surface area contributed by atoms with Gasteiger partial charge >= 0.3 is 6.03 Å². The van der Waals surface area contributed by atoms with Crippen LogP contribution in [-0.2, 0) is 13.1 Å². The molecule has 0 radical (unpaired) electrons. The summed E-state index contributed by atoms with van der Waals surface area (Å²) in [7, 11) is 0. The first kappa shape index (κ1) is 16.6. The van der Waals surface area contributed by atoms with E-state index < -0.39 is 0 Å². The van der Waals surface area contributed by atoms with Crippen molar-refractivity contribution in [2.24, 2.45) is 5.92 Å². The quantitative estimate of drug-likeness (QED) is 0.936. The summed E-state index contributed by atoms with van der Waals surface area (Å²) in [5.41, 5.74) is 4.45. The smallest absolute Gasteiger partial charge is 0.318 e. The number of rotatable bonds is 4. The Labute approximate surface area is 143 Å². The van der Waals surface area contributed by atoms with Crippen LogP contribution in [0.5, 0.6) is 0 Å². The molecular formula is C19H26N4O. The van der Waals surface area contributed by atoms with Gasteiger partial charge in [0.05, 0.1) is 11.7 Å². The van der Waals surface area contributed by atoms with Gasteiger partial charge in [0, 0.05) is 30.9 Å². The SMILES string of the molecule is CCn1nc(C)c(CNC(=O)N2C[C@H](C)[C@@H]2c2ccccc2)c1C. The number of aryl methyl sites for hydroxylation is 2. The summed E-state index contributed by atoms with van der Waals surface area (Å²) in [6.45, 7) is 10.5. The van der Waals surface area contributed by atoms with Crippen molar-refractivity contribution in [1.82, 2.24) is 20.0 Å². The highest BCUT2D eigenvalue weighted by Crippen LogP contribution is 2.38. The average molecular weight is 326 g/mol. The summed E-state index contributed by atoms with van der Waals surface area (Å²) < 4.78 is 1.98. The van der Waals surface area contributed by atoms with Crippen LogP contribution in [0, 0.1) is 19.8 Å². The fraction of sp³-hybridized carbons (Fsp3) is 0.474. The molecule has 1 N–H and O–H groups in total. The van der Waals surface area contributed by atoms with E-state index in [-0.39, 0.29) is 12.1 Å². The van der Waals surface area contributed by atoms with Crippen LogP contribution in [0.2, 0.25) is 0 Å². The van der Waals surface area contributed by atoms with Crippen molar-refractivity contribution in [3.8, 4) is 0 Å². The second-order valence-corrected chi connectivity index (χ2v) is 6.61. The Hall–Kier alpha value is -2.30. The highest BCUT2D eigenvalue weighted by molar-refractivity contribution is 5.76. The zero-order valence-electron chi connectivity index (χ0n) is 14.9. The standard InChI is InChI=1S/C19H26N4O/c1-5-23-15(4)17(14(3)21-23)11-20-19(24)22-12-13(2)18(22)16-9-7-6-8-10-16/h6-10,13,18H,5,11-12H2,1-4H3,(H,20,24)/t13-,18+/m0/s1. The number of carbonyl (C=O) groups is 1. The van der Waals surface area contributed by atoms with Gasteiger partial charge in [-0.3, -0.25) is 4.68 Å². The molecule has 2 heterocycles. The number of benzene rings is 1. The van der Waals surface area contributed by atoms with Crippen molar-refractivity contribution in [3.63, 3.8) is 0 Å². The number of likely N-dealkylation sites (tertiary alicyclic amines) is 1. The van der Waals surface area contributed by atoms with Crippen molar-refractivity contribution in [2.45, 2.75) is 46.8 Å². The summed E-state index contributed by atoms with van der Waals surface area (Å²) in [6, 6.07) is 10.4. The van der Waals surface area contributed by atoms with Crippen molar-refractivity contribution < 1.29 is 4.79 Å². The molecule has 0 spiro atoms. The van der Waals surface area contributed by atoms with Gasteiger partial charge in [0.2, 0.25) is 0 Å². The molecular weight excluding hydrogens is 300 g/mol. The first-order valence-corrected chi connectivity index (χ1v) is 8.65. The van der Waals surface area contributed by atoms with E-state index in [2.05, 4.69) is 43.3 Å². The number of amides is 2. The third-order valence-corrected chi connectivity index (χ3v) is 5.01. The third-order valence-electron chi connectivity index (χ3n) is 5.01. The predicted molar refractivity (Wildman–Crippen MR) is 94.7 cm³/mol. The summed E-state index contributed by atoms with van der Waals surface area (Å²) in [5, 5.41) is 7.59. The van der Waals surface area contributed by atoms with E-state index in [1.54, 1.807) is 0 Å². The summed E-state index contributed by atoms with van der Waals surface area (Å²) >= 11 is 0. The fourth-order valence-corrected chi connectivity index (χ4v) is 3.62. The third kappa shape index (κ3) is 2.90. The Bertz CT molecular complexity index is 722. The molecule has 5 heteroatoms. The molecule has 0 saturated carbocycles. The van der Waals surface area contributed by atoms with Crippen LogP contribution in [0.3, 0.4) is 0 Å². The molecule has 1 saturated heterocycles. The molecule has 1 aliphatic rings. The van der Waals surface area contributed by atoms with E-state index in [9.17, 15) is 4.79 Å². The zero-order chi connectivity index (χ0) is 17.3. The molecule has 1 aromatic heterocycles. The minimum atomic E-state index is 0.00463. The van der Waals surface area contributed by atoms with E-state index in [4.69, 9.17) is 0 Å². The van der Waals surface area contributed by atoms with Crippen LogP contribution in [0.15, 0.2) is 30.3 Å². The Balaban J connectivity index is 1.67. The molecule has 0 bridgehead atoms. The number of hydrogen-bond donors (Lipinski definition) is 1. The highest BCUT2D eigenvalue weighted by atomic mass is 16.2. The maximum atomic E-state index is 12.6. The maximum absolute atomic E-state index is 12.6. The lowest BCUT2D eigenvalue weighted by Crippen LogP contribution is -2.54. The Kier molecular flexibility index (Phi) is 4.60. The van der Waals surface area contributed by atoms with Gasteiger partial charge in [-0.25, -0.2) is 4.79 Å². The molecule has 2 aromatic rings. The van der Waals surface area contributed by atoms with E-state index in [0.717, 1.165) is 30.0 Å². The Morgan fingerprint density at radius 2 is 2.00 bits per heavy atom. The average Bonchev–Trinajstić information content (AvgIpc) is 2.85. The van der Waals surface area contributed by atoms with Crippen LogP contribution in [0.4, 0.5) is 4.79 Å². The van der Waals surface area contributed by atoms with Gasteiger partial charge in [0.1, 0.15) is 0 Å². The number of carbonyl (C=O) groups excluding carboxylic acids is 1. The van der Waals surface area contributed by atoms with Crippen LogP contribution in [-0.4, -0.2) is 27.3 Å². The molecule has 3 rings (SSSR count). The monoisotopic (exact) mass is 326 g/mol. The number of hydrogen-bond acceptors (Lipinski definition) is 2. The van der Waals surface area contributed by atoms with Crippen molar-refractivity contribution in [3.05, 3.63) is 52.8 Å². The van der Waals surface area contributed by atoms with E-state index in [1.165, 1.54) is 5.56 Å². The topological polar surface area (TPSA) is 50.2 Å². The Morgan fingerprint density at radius 3 is 2.58 bits per heavy atom. The number of urea groups is 1. The molecule has 24 heavy (non-hydrogen) atoms. The largest absolute Gasteiger partial charge is 0.334 e. The van der Waals surface area contributed by atoms with Crippen LogP contribution in [0.1, 0.15) is 42.4 Å². The normalized spacial score (nSPS) is 19.9. The van der Waals surface area contributed by atoms with Gasteiger partial charge in [-0.2, -0.15) is 5.10 Å².